The summed E-state index contributed by atoms with van der Waals surface area (Å²) in [7, 11) is 1.49. The van der Waals surface area contributed by atoms with Crippen LogP contribution in [0, 0.1) is 10.1 Å². The van der Waals surface area contributed by atoms with Gasteiger partial charge in [0.05, 0.1) is 10.5 Å². The summed E-state index contributed by atoms with van der Waals surface area (Å²) < 4.78 is 40.8. The first kappa shape index (κ1) is 16.6. The Morgan fingerprint density at radius 2 is 1.72 bits per heavy atom. The molecular weight excluding hydrogens is 337 g/mol. The summed E-state index contributed by atoms with van der Waals surface area (Å²) in [5.74, 6) is 0.241. The monoisotopic (exact) mass is 348 g/mol. The number of non-ortho nitro benzene ring substituents is 1. The minimum Gasteiger partial charge on any atom is -0.258 e. The first-order valence-corrected chi connectivity index (χ1v) is 7.10. The first-order valence-electron chi connectivity index (χ1n) is 7.10. The summed E-state index contributed by atoms with van der Waals surface area (Å²) in [5.41, 5.74) is -0.516. The molecule has 2 aromatic carbocycles. The number of rotatable bonds is 3. The number of alkyl halides is 3. The van der Waals surface area contributed by atoms with Crippen molar-refractivity contribution in [3.05, 3.63) is 64.2 Å². The maximum Gasteiger partial charge on any atom is 0.417 e. The van der Waals surface area contributed by atoms with E-state index in [0.717, 1.165) is 6.07 Å². The SMILES string of the molecule is Cn1nc(-c2ccc([N+](=O)[O-])cc2)nc1-c1ccccc1C(F)(F)F. The largest absolute Gasteiger partial charge is 0.417 e. The number of hydrogen-bond donors (Lipinski definition) is 0. The molecule has 0 saturated heterocycles. The molecule has 0 aliphatic heterocycles. The number of benzene rings is 2. The van der Waals surface area contributed by atoms with Gasteiger partial charge in [0.15, 0.2) is 11.6 Å². The van der Waals surface area contributed by atoms with Gasteiger partial charge < -0.3 is 0 Å². The second-order valence-electron chi connectivity index (χ2n) is 5.23. The van der Waals surface area contributed by atoms with Crippen LogP contribution in [-0.4, -0.2) is 19.7 Å². The van der Waals surface area contributed by atoms with E-state index >= 15 is 0 Å². The van der Waals surface area contributed by atoms with Gasteiger partial charge in [-0.15, -0.1) is 0 Å². The molecule has 9 heteroatoms. The van der Waals surface area contributed by atoms with Crippen LogP contribution in [0.3, 0.4) is 0 Å². The molecule has 0 spiro atoms. The Kier molecular flexibility index (Phi) is 3.99. The van der Waals surface area contributed by atoms with Crippen LogP contribution >= 0.6 is 0 Å². The van der Waals surface area contributed by atoms with E-state index in [0.29, 0.717) is 5.56 Å². The average Bonchev–Trinajstić information content (AvgIpc) is 2.96. The van der Waals surface area contributed by atoms with E-state index in [-0.39, 0.29) is 22.9 Å². The standard InChI is InChI=1S/C16H11F3N4O2/c1-22-15(12-4-2-3-5-13(12)16(17,18)19)20-14(21-22)10-6-8-11(9-7-10)23(24)25/h2-9H,1H3. The van der Waals surface area contributed by atoms with Crippen LogP contribution in [-0.2, 0) is 13.2 Å². The molecule has 3 rings (SSSR count). The Hall–Kier alpha value is -3.23. The molecule has 25 heavy (non-hydrogen) atoms. The Morgan fingerprint density at radius 3 is 2.32 bits per heavy atom. The minimum atomic E-state index is -4.52. The van der Waals surface area contributed by atoms with Crippen molar-refractivity contribution in [2.45, 2.75) is 6.18 Å². The van der Waals surface area contributed by atoms with Crippen molar-refractivity contribution in [3.63, 3.8) is 0 Å². The zero-order valence-electron chi connectivity index (χ0n) is 12.9. The third kappa shape index (κ3) is 3.21. The van der Waals surface area contributed by atoms with Crippen LogP contribution in [0.15, 0.2) is 48.5 Å². The number of aryl methyl sites for hydroxylation is 1. The molecule has 1 aromatic heterocycles. The maximum atomic E-state index is 13.2. The number of nitro groups is 1. The highest BCUT2D eigenvalue weighted by Gasteiger charge is 2.34. The second kappa shape index (κ2) is 6.00. The number of hydrogen-bond acceptors (Lipinski definition) is 4. The molecule has 0 N–H and O–H groups in total. The molecule has 1 heterocycles. The van der Waals surface area contributed by atoms with Gasteiger partial charge in [0.2, 0.25) is 0 Å². The maximum absolute atomic E-state index is 13.2. The summed E-state index contributed by atoms with van der Waals surface area (Å²) in [5, 5.41) is 14.8. The van der Waals surface area contributed by atoms with Gasteiger partial charge in [0, 0.05) is 30.3 Å². The van der Waals surface area contributed by atoms with E-state index in [4.69, 9.17) is 0 Å². The molecule has 0 saturated carbocycles. The topological polar surface area (TPSA) is 73.8 Å². The van der Waals surface area contributed by atoms with Crippen LogP contribution in [0.25, 0.3) is 22.8 Å². The molecular formula is C16H11F3N4O2. The first-order chi connectivity index (χ1) is 11.8. The van der Waals surface area contributed by atoms with Crippen LogP contribution in [0.2, 0.25) is 0 Å². The highest BCUT2D eigenvalue weighted by molar-refractivity contribution is 5.65. The van der Waals surface area contributed by atoms with E-state index in [1.807, 2.05) is 0 Å². The van der Waals surface area contributed by atoms with E-state index < -0.39 is 16.7 Å². The lowest BCUT2D eigenvalue weighted by Crippen LogP contribution is -2.08. The van der Waals surface area contributed by atoms with E-state index in [1.165, 1.54) is 54.2 Å². The number of nitro benzene ring substituents is 1. The van der Waals surface area contributed by atoms with E-state index in [9.17, 15) is 23.3 Å². The summed E-state index contributed by atoms with van der Waals surface area (Å²) >= 11 is 0. The summed E-state index contributed by atoms with van der Waals surface area (Å²) in [6, 6.07) is 10.6. The molecule has 3 aromatic rings. The molecule has 0 bridgehead atoms. The average molecular weight is 348 g/mol. The fourth-order valence-electron chi connectivity index (χ4n) is 2.40. The van der Waals surface area contributed by atoms with Crippen LogP contribution in [0.4, 0.5) is 18.9 Å². The molecule has 6 nitrogen and oxygen atoms in total. The number of nitrogens with zero attached hydrogens (tertiary/aromatic N) is 4. The van der Waals surface area contributed by atoms with Gasteiger partial charge in [0.1, 0.15) is 0 Å². The van der Waals surface area contributed by atoms with Crippen molar-refractivity contribution in [2.75, 3.05) is 0 Å². The highest BCUT2D eigenvalue weighted by atomic mass is 19.4. The molecule has 128 valence electrons. The Labute approximate surface area is 139 Å². The predicted molar refractivity (Wildman–Crippen MR) is 83.5 cm³/mol. The van der Waals surface area contributed by atoms with Crippen molar-refractivity contribution in [1.29, 1.82) is 0 Å². The van der Waals surface area contributed by atoms with Crippen molar-refractivity contribution in [2.24, 2.45) is 7.05 Å². The van der Waals surface area contributed by atoms with Gasteiger partial charge in [-0.2, -0.15) is 18.3 Å². The molecule has 0 fully saturated rings. The van der Waals surface area contributed by atoms with Gasteiger partial charge in [0.25, 0.3) is 5.69 Å². The number of halogens is 3. The fourth-order valence-corrected chi connectivity index (χ4v) is 2.40. The second-order valence-corrected chi connectivity index (χ2v) is 5.23. The Morgan fingerprint density at radius 1 is 1.08 bits per heavy atom. The van der Waals surface area contributed by atoms with Crippen LogP contribution in [0.5, 0.6) is 0 Å². The van der Waals surface area contributed by atoms with Crippen molar-refractivity contribution < 1.29 is 18.1 Å². The lowest BCUT2D eigenvalue weighted by atomic mass is 10.1. The summed E-state index contributed by atoms with van der Waals surface area (Å²) in [6.45, 7) is 0. The van der Waals surface area contributed by atoms with E-state index in [1.54, 1.807) is 0 Å². The third-order valence-corrected chi connectivity index (χ3v) is 3.57. The third-order valence-electron chi connectivity index (χ3n) is 3.57. The number of aromatic nitrogens is 3. The van der Waals surface area contributed by atoms with Gasteiger partial charge in [-0.3, -0.25) is 10.1 Å². The molecule has 0 aliphatic carbocycles. The smallest absolute Gasteiger partial charge is 0.258 e. The Bertz CT molecular complexity index is 933. The Balaban J connectivity index is 2.06. The lowest BCUT2D eigenvalue weighted by Gasteiger charge is -2.11. The van der Waals surface area contributed by atoms with E-state index in [2.05, 4.69) is 10.1 Å². The summed E-state index contributed by atoms with van der Waals surface area (Å²) in [6.07, 6.45) is -4.52. The van der Waals surface area contributed by atoms with Crippen LogP contribution in [0.1, 0.15) is 5.56 Å². The predicted octanol–water partition coefficient (Wildman–Crippen LogP) is 4.08. The van der Waals surface area contributed by atoms with Gasteiger partial charge >= 0.3 is 6.18 Å². The fraction of sp³-hybridized carbons (Fsp3) is 0.125. The molecule has 0 amide bonds. The van der Waals surface area contributed by atoms with Gasteiger partial charge in [-0.25, -0.2) is 9.67 Å². The van der Waals surface area contributed by atoms with Gasteiger partial charge in [-0.1, -0.05) is 18.2 Å². The molecule has 0 atom stereocenters. The zero-order valence-corrected chi connectivity index (χ0v) is 12.9. The molecule has 0 aliphatic rings. The van der Waals surface area contributed by atoms with Crippen molar-refractivity contribution in [1.82, 2.24) is 14.8 Å². The molecule has 0 radical (unpaired) electrons. The highest BCUT2D eigenvalue weighted by Crippen LogP contribution is 2.36. The van der Waals surface area contributed by atoms with Crippen molar-refractivity contribution >= 4 is 5.69 Å². The minimum absolute atomic E-state index is 0.0567. The zero-order chi connectivity index (χ0) is 18.2. The lowest BCUT2D eigenvalue weighted by molar-refractivity contribution is -0.384. The summed E-state index contributed by atoms with van der Waals surface area (Å²) in [4.78, 5) is 14.3. The van der Waals surface area contributed by atoms with Gasteiger partial charge in [-0.05, 0) is 18.2 Å². The van der Waals surface area contributed by atoms with Crippen molar-refractivity contribution in [3.8, 4) is 22.8 Å². The normalized spacial score (nSPS) is 11.5. The van der Waals surface area contributed by atoms with Crippen LogP contribution < -0.4 is 0 Å². The molecule has 0 unspecified atom stereocenters. The quantitative estimate of drug-likeness (QED) is 0.528.